The Morgan fingerprint density at radius 1 is 1.21 bits per heavy atom. The van der Waals surface area contributed by atoms with Gasteiger partial charge in [-0.1, -0.05) is 0 Å². The summed E-state index contributed by atoms with van der Waals surface area (Å²) in [4.78, 5) is 24.3. The molecule has 0 unspecified atom stereocenters. The van der Waals surface area contributed by atoms with Crippen molar-refractivity contribution in [2.45, 2.75) is 17.9 Å². The van der Waals surface area contributed by atoms with Crippen molar-refractivity contribution < 1.29 is 22.7 Å². The van der Waals surface area contributed by atoms with E-state index >= 15 is 0 Å². The molecule has 148 valence electrons. The van der Waals surface area contributed by atoms with Gasteiger partial charge in [0.1, 0.15) is 5.75 Å². The number of hydrogen-bond donors (Lipinski definition) is 2. The molecule has 1 aliphatic rings. The van der Waals surface area contributed by atoms with Gasteiger partial charge in [-0.05, 0) is 59.3 Å². The van der Waals surface area contributed by atoms with Crippen LogP contribution < -0.4 is 15.4 Å². The summed E-state index contributed by atoms with van der Waals surface area (Å²) in [6.45, 7) is 1.64. The predicted octanol–water partition coefficient (Wildman–Crippen LogP) is 2.67. The number of amides is 2. The average Bonchev–Trinajstić information content (AvgIpc) is 2.63. The Kier molecular flexibility index (Phi) is 5.46. The Bertz CT molecular complexity index is 1070. The first-order chi connectivity index (χ1) is 13.1. The number of fused-ring (bicyclic) bond motifs is 1. The Morgan fingerprint density at radius 2 is 1.93 bits per heavy atom. The van der Waals surface area contributed by atoms with E-state index in [-0.39, 0.29) is 16.4 Å². The highest BCUT2D eigenvalue weighted by molar-refractivity contribution is 9.10. The number of nitrogens with zero attached hydrogens (tertiary/aromatic N) is 1. The number of benzene rings is 2. The van der Waals surface area contributed by atoms with Crippen molar-refractivity contribution in [3.63, 3.8) is 0 Å². The molecule has 0 radical (unpaired) electrons. The summed E-state index contributed by atoms with van der Waals surface area (Å²) in [5.41, 5.74) is 1.06. The second kappa shape index (κ2) is 7.53. The van der Waals surface area contributed by atoms with Crippen LogP contribution in [0.5, 0.6) is 5.75 Å². The fourth-order valence-electron chi connectivity index (χ4n) is 2.53. The normalized spacial score (nSPS) is 16.2. The molecule has 2 amide bonds. The molecule has 0 aliphatic carbocycles. The van der Waals surface area contributed by atoms with E-state index in [1.54, 1.807) is 25.1 Å². The summed E-state index contributed by atoms with van der Waals surface area (Å²) in [5, 5.41) is 5.40. The van der Waals surface area contributed by atoms with Gasteiger partial charge in [-0.3, -0.25) is 9.59 Å². The fourth-order valence-corrected chi connectivity index (χ4v) is 4.37. The molecule has 2 aromatic rings. The highest BCUT2D eigenvalue weighted by atomic mass is 79.9. The molecule has 1 aliphatic heterocycles. The van der Waals surface area contributed by atoms with Gasteiger partial charge in [-0.25, -0.2) is 12.7 Å². The highest BCUT2D eigenvalue weighted by Crippen LogP contribution is 2.32. The first-order valence-corrected chi connectivity index (χ1v) is 10.5. The minimum atomic E-state index is -3.72. The van der Waals surface area contributed by atoms with Gasteiger partial charge in [-0.15, -0.1) is 0 Å². The first kappa shape index (κ1) is 20.3. The summed E-state index contributed by atoms with van der Waals surface area (Å²) in [5.74, 6) is -0.255. The minimum absolute atomic E-state index is 0.00904. The Labute approximate surface area is 171 Å². The zero-order valence-corrected chi connectivity index (χ0v) is 17.7. The Balaban J connectivity index is 1.87. The number of ether oxygens (including phenoxy) is 1. The van der Waals surface area contributed by atoms with E-state index in [1.165, 1.54) is 32.3 Å². The van der Waals surface area contributed by atoms with Gasteiger partial charge in [0.25, 0.3) is 11.8 Å². The van der Waals surface area contributed by atoms with Gasteiger partial charge in [0.15, 0.2) is 6.10 Å². The highest BCUT2D eigenvalue weighted by Gasteiger charge is 2.24. The quantitative estimate of drug-likeness (QED) is 0.718. The molecule has 0 spiro atoms. The molecule has 0 saturated carbocycles. The molecule has 1 atom stereocenters. The third kappa shape index (κ3) is 3.89. The third-order valence-electron chi connectivity index (χ3n) is 4.12. The summed E-state index contributed by atoms with van der Waals surface area (Å²) in [7, 11) is -0.886. The molecular weight excluding hydrogens is 450 g/mol. The standard InChI is InChI=1S/C18H18BrN3O5S/c1-10-17(23)21-14-9-12(5-7-15(14)27-10)20-18(24)11-4-6-13(19)16(8-11)28(25,26)22(2)3/h4-10H,1-3H3,(H,20,24)(H,21,23)/t10-/m1/s1. The number of rotatable bonds is 4. The van der Waals surface area contributed by atoms with Crippen molar-refractivity contribution >= 4 is 49.1 Å². The van der Waals surface area contributed by atoms with Crippen LogP contribution in [0.4, 0.5) is 11.4 Å². The van der Waals surface area contributed by atoms with Crippen molar-refractivity contribution in [3.05, 3.63) is 46.4 Å². The maximum Gasteiger partial charge on any atom is 0.265 e. The molecule has 0 saturated heterocycles. The minimum Gasteiger partial charge on any atom is -0.479 e. The molecule has 28 heavy (non-hydrogen) atoms. The van der Waals surface area contributed by atoms with Gasteiger partial charge in [0.2, 0.25) is 10.0 Å². The van der Waals surface area contributed by atoms with Gasteiger partial charge in [0.05, 0.1) is 10.6 Å². The predicted molar refractivity (Wildman–Crippen MR) is 108 cm³/mol. The Hall–Kier alpha value is -2.43. The number of nitrogens with one attached hydrogen (secondary N) is 2. The van der Waals surface area contributed by atoms with Gasteiger partial charge < -0.3 is 15.4 Å². The smallest absolute Gasteiger partial charge is 0.265 e. The van der Waals surface area contributed by atoms with Crippen LogP contribution in [-0.2, 0) is 14.8 Å². The lowest BCUT2D eigenvalue weighted by atomic mass is 10.2. The molecule has 1 heterocycles. The molecule has 0 fully saturated rings. The summed E-state index contributed by atoms with van der Waals surface area (Å²) in [6.07, 6.45) is -0.590. The van der Waals surface area contributed by atoms with Crippen molar-refractivity contribution in [3.8, 4) is 5.75 Å². The summed E-state index contributed by atoms with van der Waals surface area (Å²) in [6, 6.07) is 9.18. The number of anilines is 2. The van der Waals surface area contributed by atoms with E-state index in [1.807, 2.05) is 0 Å². The Morgan fingerprint density at radius 3 is 2.61 bits per heavy atom. The average molecular weight is 468 g/mol. The molecule has 10 heteroatoms. The molecule has 8 nitrogen and oxygen atoms in total. The van der Waals surface area contributed by atoms with Gasteiger partial charge in [-0.2, -0.15) is 0 Å². The van der Waals surface area contributed by atoms with Gasteiger partial charge in [0, 0.05) is 29.8 Å². The zero-order chi connectivity index (χ0) is 20.6. The second-order valence-corrected chi connectivity index (χ2v) is 9.32. The van der Waals surface area contributed by atoms with Gasteiger partial charge >= 0.3 is 0 Å². The molecular formula is C18H18BrN3O5S. The lowest BCUT2D eigenvalue weighted by Crippen LogP contribution is -2.34. The number of hydrogen-bond acceptors (Lipinski definition) is 5. The summed E-state index contributed by atoms with van der Waals surface area (Å²) < 4.78 is 31.7. The molecule has 3 rings (SSSR count). The van der Waals surface area contributed by atoms with E-state index in [4.69, 9.17) is 4.74 Å². The number of sulfonamides is 1. The summed E-state index contributed by atoms with van der Waals surface area (Å²) >= 11 is 3.21. The maximum absolute atomic E-state index is 12.6. The second-order valence-electron chi connectivity index (χ2n) is 6.35. The van der Waals surface area contributed by atoms with Crippen LogP contribution in [-0.4, -0.2) is 44.7 Å². The van der Waals surface area contributed by atoms with Crippen LogP contribution >= 0.6 is 15.9 Å². The van der Waals surface area contributed by atoms with E-state index < -0.39 is 22.0 Å². The van der Waals surface area contributed by atoms with E-state index in [9.17, 15) is 18.0 Å². The molecule has 0 aromatic heterocycles. The van der Waals surface area contributed by atoms with E-state index in [0.717, 1.165) is 4.31 Å². The van der Waals surface area contributed by atoms with E-state index in [2.05, 4.69) is 26.6 Å². The van der Waals surface area contributed by atoms with Crippen molar-refractivity contribution in [2.75, 3.05) is 24.7 Å². The first-order valence-electron chi connectivity index (χ1n) is 8.24. The maximum atomic E-state index is 12.6. The monoisotopic (exact) mass is 467 g/mol. The molecule has 2 N–H and O–H groups in total. The van der Waals surface area contributed by atoms with Crippen LogP contribution in [0.1, 0.15) is 17.3 Å². The van der Waals surface area contributed by atoms with Crippen LogP contribution in [0.2, 0.25) is 0 Å². The van der Waals surface area contributed by atoms with Crippen LogP contribution in [0.25, 0.3) is 0 Å². The molecule has 0 bridgehead atoms. The fraction of sp³-hybridized carbons (Fsp3) is 0.222. The zero-order valence-electron chi connectivity index (χ0n) is 15.3. The largest absolute Gasteiger partial charge is 0.479 e. The number of halogens is 1. The SMILES string of the molecule is C[C@H]1Oc2ccc(NC(=O)c3ccc(Br)c(S(=O)(=O)N(C)C)c3)cc2NC1=O. The number of carbonyl (C=O) groups excluding carboxylic acids is 2. The van der Waals surface area contributed by atoms with E-state index in [0.29, 0.717) is 21.6 Å². The lowest BCUT2D eigenvalue weighted by Gasteiger charge is -2.23. The van der Waals surface area contributed by atoms with Crippen LogP contribution in [0, 0.1) is 0 Å². The number of carbonyl (C=O) groups is 2. The van der Waals surface area contributed by atoms with Crippen LogP contribution in [0.3, 0.4) is 0 Å². The van der Waals surface area contributed by atoms with Crippen molar-refractivity contribution in [1.29, 1.82) is 0 Å². The topological polar surface area (TPSA) is 105 Å². The van der Waals surface area contributed by atoms with Crippen molar-refractivity contribution in [2.24, 2.45) is 0 Å². The molecule has 2 aromatic carbocycles. The van der Waals surface area contributed by atoms with Crippen LogP contribution in [0.15, 0.2) is 45.8 Å². The van der Waals surface area contributed by atoms with Crippen molar-refractivity contribution in [1.82, 2.24) is 4.31 Å². The third-order valence-corrected chi connectivity index (χ3v) is 6.93. The lowest BCUT2D eigenvalue weighted by molar-refractivity contribution is -0.122.